The number of amides is 1. The number of benzene rings is 1. The molecule has 0 spiro atoms. The minimum atomic E-state index is 0.0204. The number of carbonyl (C=O) groups excluding carboxylic acids is 1. The van der Waals surface area contributed by atoms with Gasteiger partial charge in [0.25, 0.3) is 0 Å². The average molecular weight is 255 g/mol. The van der Waals surface area contributed by atoms with Crippen molar-refractivity contribution in [3.05, 3.63) is 42.6 Å². The van der Waals surface area contributed by atoms with Gasteiger partial charge in [-0.05, 0) is 12.5 Å². The summed E-state index contributed by atoms with van der Waals surface area (Å²) in [5.41, 5.74) is 2.36. The zero-order valence-corrected chi connectivity index (χ0v) is 11.0. The SMILES string of the molecule is CCCCC(=O)Nc1ccnnc1-c1ccccc1. The second-order valence-corrected chi connectivity index (χ2v) is 4.31. The Kier molecular flexibility index (Phi) is 4.61. The van der Waals surface area contributed by atoms with Gasteiger partial charge in [-0.2, -0.15) is 5.10 Å². The molecular weight excluding hydrogens is 238 g/mol. The Morgan fingerprint density at radius 3 is 2.74 bits per heavy atom. The Bertz CT molecular complexity index is 540. The summed E-state index contributed by atoms with van der Waals surface area (Å²) < 4.78 is 0. The van der Waals surface area contributed by atoms with Crippen LogP contribution in [0.4, 0.5) is 5.69 Å². The predicted molar refractivity (Wildman–Crippen MR) is 75.6 cm³/mol. The first kappa shape index (κ1) is 13.2. The summed E-state index contributed by atoms with van der Waals surface area (Å²) in [6, 6.07) is 11.5. The molecule has 0 saturated carbocycles. The number of anilines is 1. The maximum Gasteiger partial charge on any atom is 0.224 e. The van der Waals surface area contributed by atoms with Gasteiger partial charge in [-0.25, -0.2) is 0 Å². The quantitative estimate of drug-likeness (QED) is 0.892. The summed E-state index contributed by atoms with van der Waals surface area (Å²) >= 11 is 0. The van der Waals surface area contributed by atoms with E-state index in [4.69, 9.17) is 0 Å². The lowest BCUT2D eigenvalue weighted by atomic mass is 10.1. The monoisotopic (exact) mass is 255 g/mol. The van der Waals surface area contributed by atoms with Crippen molar-refractivity contribution in [3.63, 3.8) is 0 Å². The highest BCUT2D eigenvalue weighted by atomic mass is 16.1. The molecule has 0 aliphatic heterocycles. The molecule has 0 unspecified atom stereocenters. The van der Waals surface area contributed by atoms with E-state index in [1.807, 2.05) is 30.3 Å². The van der Waals surface area contributed by atoms with Crippen molar-refractivity contribution in [1.29, 1.82) is 0 Å². The van der Waals surface area contributed by atoms with Gasteiger partial charge in [0.15, 0.2) is 0 Å². The lowest BCUT2D eigenvalue weighted by Crippen LogP contribution is -2.12. The smallest absolute Gasteiger partial charge is 0.224 e. The fraction of sp³-hybridized carbons (Fsp3) is 0.267. The molecule has 0 radical (unpaired) electrons. The molecule has 0 atom stereocenters. The van der Waals surface area contributed by atoms with Crippen molar-refractivity contribution in [3.8, 4) is 11.3 Å². The molecule has 0 saturated heterocycles. The summed E-state index contributed by atoms with van der Waals surface area (Å²) in [6.07, 6.45) is 4.02. The van der Waals surface area contributed by atoms with E-state index in [-0.39, 0.29) is 5.91 Å². The topological polar surface area (TPSA) is 54.9 Å². The first-order valence-corrected chi connectivity index (χ1v) is 6.48. The van der Waals surface area contributed by atoms with Crippen molar-refractivity contribution < 1.29 is 4.79 Å². The molecule has 1 aromatic carbocycles. The molecule has 2 rings (SSSR count). The summed E-state index contributed by atoms with van der Waals surface area (Å²) in [5, 5.41) is 10.9. The van der Waals surface area contributed by atoms with Gasteiger partial charge < -0.3 is 5.32 Å². The van der Waals surface area contributed by atoms with Crippen LogP contribution in [-0.2, 0) is 4.79 Å². The van der Waals surface area contributed by atoms with Gasteiger partial charge in [0.2, 0.25) is 5.91 Å². The van der Waals surface area contributed by atoms with Gasteiger partial charge >= 0.3 is 0 Å². The van der Waals surface area contributed by atoms with Crippen LogP contribution in [0.1, 0.15) is 26.2 Å². The minimum Gasteiger partial charge on any atom is -0.324 e. The average Bonchev–Trinajstić information content (AvgIpc) is 2.46. The maximum atomic E-state index is 11.8. The lowest BCUT2D eigenvalue weighted by molar-refractivity contribution is -0.116. The van der Waals surface area contributed by atoms with Crippen LogP contribution in [0.2, 0.25) is 0 Å². The summed E-state index contributed by atoms with van der Waals surface area (Å²) in [4.78, 5) is 11.8. The standard InChI is InChI=1S/C15H17N3O/c1-2-3-9-14(19)17-13-10-11-16-18-15(13)12-7-5-4-6-8-12/h4-8,10-11H,2-3,9H2,1H3,(H,16,17,19). The van der Waals surface area contributed by atoms with Gasteiger partial charge in [-0.15, -0.1) is 5.10 Å². The first-order valence-electron chi connectivity index (χ1n) is 6.48. The Hall–Kier alpha value is -2.23. The Balaban J connectivity index is 2.20. The van der Waals surface area contributed by atoms with Crippen LogP contribution in [0.5, 0.6) is 0 Å². The van der Waals surface area contributed by atoms with Crippen LogP contribution in [0.3, 0.4) is 0 Å². The lowest BCUT2D eigenvalue weighted by Gasteiger charge is -2.09. The second kappa shape index (κ2) is 6.64. The van der Waals surface area contributed by atoms with Crippen LogP contribution in [0, 0.1) is 0 Å². The number of hydrogen-bond acceptors (Lipinski definition) is 3. The molecule has 19 heavy (non-hydrogen) atoms. The van der Waals surface area contributed by atoms with Crippen molar-refractivity contribution in [2.24, 2.45) is 0 Å². The van der Waals surface area contributed by atoms with Gasteiger partial charge in [0, 0.05) is 12.0 Å². The zero-order valence-electron chi connectivity index (χ0n) is 11.0. The number of unbranched alkanes of at least 4 members (excludes halogenated alkanes) is 1. The van der Waals surface area contributed by atoms with Crippen molar-refractivity contribution in [1.82, 2.24) is 10.2 Å². The van der Waals surface area contributed by atoms with Gasteiger partial charge in [0.1, 0.15) is 5.69 Å². The molecule has 1 aromatic heterocycles. The van der Waals surface area contributed by atoms with Crippen molar-refractivity contribution in [2.75, 3.05) is 5.32 Å². The molecule has 0 fully saturated rings. The van der Waals surface area contributed by atoms with Crippen molar-refractivity contribution in [2.45, 2.75) is 26.2 Å². The Morgan fingerprint density at radius 1 is 1.21 bits per heavy atom. The number of carbonyl (C=O) groups is 1. The van der Waals surface area contributed by atoms with E-state index in [0.29, 0.717) is 17.8 Å². The number of aromatic nitrogens is 2. The molecule has 1 amide bonds. The highest BCUT2D eigenvalue weighted by molar-refractivity contribution is 5.94. The molecule has 4 heteroatoms. The summed E-state index contributed by atoms with van der Waals surface area (Å²) in [7, 11) is 0. The molecule has 1 N–H and O–H groups in total. The fourth-order valence-electron chi connectivity index (χ4n) is 1.79. The van der Waals surface area contributed by atoms with Crippen LogP contribution in [0.25, 0.3) is 11.3 Å². The number of nitrogens with zero attached hydrogens (tertiary/aromatic N) is 2. The van der Waals surface area contributed by atoms with Crippen molar-refractivity contribution >= 4 is 11.6 Å². The van der Waals surface area contributed by atoms with Gasteiger partial charge in [-0.3, -0.25) is 4.79 Å². The van der Waals surface area contributed by atoms with E-state index >= 15 is 0 Å². The normalized spacial score (nSPS) is 10.2. The van der Waals surface area contributed by atoms with Crippen LogP contribution in [-0.4, -0.2) is 16.1 Å². The molecule has 4 nitrogen and oxygen atoms in total. The van der Waals surface area contributed by atoms with E-state index in [1.54, 1.807) is 12.3 Å². The molecule has 98 valence electrons. The second-order valence-electron chi connectivity index (χ2n) is 4.31. The predicted octanol–water partition coefficient (Wildman–Crippen LogP) is 3.27. The first-order chi connectivity index (χ1) is 9.31. The highest BCUT2D eigenvalue weighted by Crippen LogP contribution is 2.24. The van der Waals surface area contributed by atoms with Crippen LogP contribution < -0.4 is 5.32 Å². The number of nitrogens with one attached hydrogen (secondary N) is 1. The molecule has 0 aliphatic carbocycles. The fourth-order valence-corrected chi connectivity index (χ4v) is 1.79. The van der Waals surface area contributed by atoms with Gasteiger partial charge in [0.05, 0.1) is 11.9 Å². The molecule has 1 heterocycles. The molecule has 0 bridgehead atoms. The third kappa shape index (κ3) is 3.61. The molecule has 2 aromatic rings. The number of rotatable bonds is 5. The summed E-state index contributed by atoms with van der Waals surface area (Å²) in [6.45, 7) is 2.07. The van der Waals surface area contributed by atoms with E-state index < -0.39 is 0 Å². The van der Waals surface area contributed by atoms with E-state index in [0.717, 1.165) is 18.4 Å². The Labute approximate surface area is 112 Å². The third-order valence-corrected chi connectivity index (χ3v) is 2.80. The van der Waals surface area contributed by atoms with Crippen LogP contribution >= 0.6 is 0 Å². The molecule has 0 aliphatic rings. The largest absolute Gasteiger partial charge is 0.324 e. The summed E-state index contributed by atoms with van der Waals surface area (Å²) in [5.74, 6) is 0.0204. The van der Waals surface area contributed by atoms with E-state index in [9.17, 15) is 4.79 Å². The van der Waals surface area contributed by atoms with Gasteiger partial charge in [-0.1, -0.05) is 43.7 Å². The highest BCUT2D eigenvalue weighted by Gasteiger charge is 2.09. The maximum absolute atomic E-state index is 11.8. The third-order valence-electron chi connectivity index (χ3n) is 2.80. The molecular formula is C15H17N3O. The minimum absolute atomic E-state index is 0.0204. The van der Waals surface area contributed by atoms with Crippen LogP contribution in [0.15, 0.2) is 42.6 Å². The zero-order chi connectivity index (χ0) is 13.5. The Morgan fingerprint density at radius 2 is 2.00 bits per heavy atom. The van der Waals surface area contributed by atoms with E-state index in [1.165, 1.54) is 0 Å². The van der Waals surface area contributed by atoms with E-state index in [2.05, 4.69) is 22.4 Å². The number of hydrogen-bond donors (Lipinski definition) is 1.